The molecule has 0 aromatic carbocycles. The maximum Gasteiger partial charge on any atom is 0.156 e. The molecule has 0 rings (SSSR count). The summed E-state index contributed by atoms with van der Waals surface area (Å²) in [7, 11) is 1.49. The lowest BCUT2D eigenvalue weighted by Crippen LogP contribution is -2.15. The van der Waals surface area contributed by atoms with E-state index in [0.29, 0.717) is 0 Å². The van der Waals surface area contributed by atoms with Crippen LogP contribution in [0.3, 0.4) is 0 Å². The summed E-state index contributed by atoms with van der Waals surface area (Å²) in [5, 5.41) is 8.71. The number of ether oxygens (including phenoxy) is 1. The molecule has 0 unspecified atom stereocenters. The van der Waals surface area contributed by atoms with Gasteiger partial charge in [-0.2, -0.15) is 0 Å². The Morgan fingerprint density at radius 1 is 1.43 bits per heavy atom. The zero-order valence-electron chi connectivity index (χ0n) is 5.01. The van der Waals surface area contributed by atoms with E-state index in [9.17, 15) is 0 Å². The van der Waals surface area contributed by atoms with Gasteiger partial charge in [0.25, 0.3) is 0 Å². The third-order valence-electron chi connectivity index (χ3n) is 0.812. The van der Waals surface area contributed by atoms with Crippen LogP contribution in [0.2, 0.25) is 0 Å². The molecule has 0 saturated heterocycles. The molecule has 1 N–H and O–H groups in total. The van der Waals surface area contributed by atoms with Crippen LogP contribution >= 0.6 is 0 Å². The van der Waals surface area contributed by atoms with Crippen LogP contribution in [0.15, 0.2) is 0 Å². The van der Waals surface area contributed by atoms with Crippen molar-refractivity contribution >= 4 is 0 Å². The molecule has 0 aliphatic carbocycles. The molecule has 0 radical (unpaired) electrons. The predicted octanol–water partition coefficient (Wildman–Crippen LogP) is 0.607. The largest absolute Gasteiger partial charge is 0.368 e. The lowest BCUT2D eigenvalue weighted by atomic mass is 10.2. The van der Waals surface area contributed by atoms with E-state index in [1.807, 2.05) is 13.8 Å². The summed E-state index contributed by atoms with van der Waals surface area (Å²) in [6, 6.07) is 0. The summed E-state index contributed by atoms with van der Waals surface area (Å²) in [4.78, 5) is 0. The van der Waals surface area contributed by atoms with Gasteiger partial charge in [-0.05, 0) is 0 Å². The zero-order chi connectivity index (χ0) is 5.86. The number of hydrogen-bond donors (Lipinski definition) is 1. The molecule has 0 bridgehead atoms. The molecule has 0 fully saturated rings. The first-order valence-electron chi connectivity index (χ1n) is 2.39. The number of aliphatic hydroxyl groups excluding tert-OH is 1. The average molecular weight is 104 g/mol. The van der Waals surface area contributed by atoms with Gasteiger partial charge in [0.2, 0.25) is 0 Å². The minimum absolute atomic E-state index is 0.199. The van der Waals surface area contributed by atoms with Crippen LogP contribution in [-0.2, 0) is 4.74 Å². The van der Waals surface area contributed by atoms with Crippen molar-refractivity contribution < 1.29 is 9.84 Å². The predicted molar refractivity (Wildman–Crippen MR) is 27.9 cm³/mol. The Balaban J connectivity index is 3.14. The van der Waals surface area contributed by atoms with E-state index in [-0.39, 0.29) is 5.92 Å². The van der Waals surface area contributed by atoms with Crippen molar-refractivity contribution in [1.29, 1.82) is 0 Å². The zero-order valence-corrected chi connectivity index (χ0v) is 5.01. The molecular weight excluding hydrogens is 92.1 g/mol. The van der Waals surface area contributed by atoms with Crippen LogP contribution in [0.1, 0.15) is 13.8 Å². The molecule has 44 valence electrons. The Labute approximate surface area is 44.1 Å². The van der Waals surface area contributed by atoms with Crippen LogP contribution in [0, 0.1) is 5.92 Å². The first-order valence-corrected chi connectivity index (χ1v) is 2.39. The molecule has 1 atom stereocenters. The van der Waals surface area contributed by atoms with Crippen LogP contribution < -0.4 is 0 Å². The molecule has 0 amide bonds. The molecule has 0 aromatic rings. The van der Waals surface area contributed by atoms with Crippen LogP contribution in [0.4, 0.5) is 0 Å². The molecule has 0 saturated carbocycles. The van der Waals surface area contributed by atoms with E-state index >= 15 is 0 Å². The molecule has 2 nitrogen and oxygen atoms in total. The Bertz CT molecular complexity index is 43.3. The highest BCUT2D eigenvalue weighted by molar-refractivity contribution is 4.43. The monoisotopic (exact) mass is 104 g/mol. The first kappa shape index (κ1) is 6.92. The van der Waals surface area contributed by atoms with Gasteiger partial charge in [0, 0.05) is 13.0 Å². The van der Waals surface area contributed by atoms with E-state index < -0.39 is 6.29 Å². The molecule has 0 spiro atoms. The summed E-state index contributed by atoms with van der Waals surface area (Å²) in [5.74, 6) is 0.199. The number of hydrogen-bond acceptors (Lipinski definition) is 2. The number of methoxy groups -OCH3 is 1. The van der Waals surface area contributed by atoms with Gasteiger partial charge in [-0.1, -0.05) is 13.8 Å². The second-order valence-electron chi connectivity index (χ2n) is 1.87. The highest BCUT2D eigenvalue weighted by atomic mass is 16.6. The number of rotatable bonds is 2. The summed E-state index contributed by atoms with van der Waals surface area (Å²) < 4.78 is 4.57. The van der Waals surface area contributed by atoms with Crippen molar-refractivity contribution in [3.05, 3.63) is 0 Å². The van der Waals surface area contributed by atoms with Crippen molar-refractivity contribution in [2.24, 2.45) is 5.92 Å². The van der Waals surface area contributed by atoms with Crippen LogP contribution in [0.5, 0.6) is 0 Å². The van der Waals surface area contributed by atoms with Gasteiger partial charge in [0.1, 0.15) is 0 Å². The highest BCUT2D eigenvalue weighted by Crippen LogP contribution is 1.98. The Morgan fingerprint density at radius 2 is 1.86 bits per heavy atom. The Hall–Kier alpha value is -0.0800. The van der Waals surface area contributed by atoms with E-state index in [2.05, 4.69) is 4.74 Å². The molecule has 0 aromatic heterocycles. The van der Waals surface area contributed by atoms with E-state index in [0.717, 1.165) is 0 Å². The van der Waals surface area contributed by atoms with E-state index in [1.165, 1.54) is 7.11 Å². The first-order chi connectivity index (χ1) is 3.18. The highest BCUT2D eigenvalue weighted by Gasteiger charge is 2.04. The van der Waals surface area contributed by atoms with E-state index in [1.54, 1.807) is 0 Å². The third kappa shape index (κ3) is 2.60. The summed E-state index contributed by atoms with van der Waals surface area (Å²) >= 11 is 0. The van der Waals surface area contributed by atoms with Gasteiger partial charge < -0.3 is 9.84 Å². The van der Waals surface area contributed by atoms with Crippen molar-refractivity contribution in [1.82, 2.24) is 0 Å². The summed E-state index contributed by atoms with van der Waals surface area (Å²) in [6.07, 6.45) is -0.597. The van der Waals surface area contributed by atoms with Crippen molar-refractivity contribution in [3.8, 4) is 0 Å². The standard InChI is InChI=1S/C5H12O2/c1-4(2)5(6)7-3/h4-6H,1-3H3/t5-/m1/s1. The second-order valence-corrected chi connectivity index (χ2v) is 1.87. The second kappa shape index (κ2) is 2.99. The number of aliphatic hydroxyl groups is 1. The third-order valence-corrected chi connectivity index (χ3v) is 0.812. The lowest BCUT2D eigenvalue weighted by Gasteiger charge is -2.10. The van der Waals surface area contributed by atoms with Gasteiger partial charge in [-0.3, -0.25) is 0 Å². The maximum atomic E-state index is 8.71. The lowest BCUT2D eigenvalue weighted by molar-refractivity contribution is -0.103. The molecular formula is C5H12O2. The van der Waals surface area contributed by atoms with Gasteiger partial charge in [0.05, 0.1) is 0 Å². The molecule has 0 aliphatic heterocycles. The summed E-state index contributed by atoms with van der Waals surface area (Å²) in [6.45, 7) is 3.79. The quantitative estimate of drug-likeness (QED) is 0.520. The topological polar surface area (TPSA) is 29.5 Å². The van der Waals surface area contributed by atoms with Gasteiger partial charge in [0.15, 0.2) is 6.29 Å². The van der Waals surface area contributed by atoms with Crippen molar-refractivity contribution in [3.63, 3.8) is 0 Å². The average Bonchev–Trinajstić information content (AvgIpc) is 1.65. The normalized spacial score (nSPS) is 15.0. The fraction of sp³-hybridized carbons (Fsp3) is 1.00. The SMILES string of the molecule is CO[C@@H](O)C(C)C. The minimum Gasteiger partial charge on any atom is -0.368 e. The molecule has 7 heavy (non-hydrogen) atoms. The molecule has 0 heterocycles. The fourth-order valence-corrected chi connectivity index (χ4v) is 0.272. The van der Waals surface area contributed by atoms with Gasteiger partial charge >= 0.3 is 0 Å². The minimum atomic E-state index is -0.597. The van der Waals surface area contributed by atoms with Gasteiger partial charge in [-0.15, -0.1) is 0 Å². The maximum absolute atomic E-state index is 8.71. The molecule has 0 aliphatic rings. The van der Waals surface area contributed by atoms with E-state index in [4.69, 9.17) is 5.11 Å². The Morgan fingerprint density at radius 3 is 1.86 bits per heavy atom. The molecule has 2 heteroatoms. The van der Waals surface area contributed by atoms with Gasteiger partial charge in [-0.25, -0.2) is 0 Å². The van der Waals surface area contributed by atoms with Crippen molar-refractivity contribution in [2.75, 3.05) is 7.11 Å². The Kier molecular flexibility index (Phi) is 2.96. The van der Waals surface area contributed by atoms with Crippen LogP contribution in [-0.4, -0.2) is 18.5 Å². The fourth-order valence-electron chi connectivity index (χ4n) is 0.272. The smallest absolute Gasteiger partial charge is 0.156 e. The summed E-state index contributed by atoms with van der Waals surface area (Å²) in [5.41, 5.74) is 0. The van der Waals surface area contributed by atoms with Crippen molar-refractivity contribution in [2.45, 2.75) is 20.1 Å². The van der Waals surface area contributed by atoms with Crippen LogP contribution in [0.25, 0.3) is 0 Å².